The molecule has 0 radical (unpaired) electrons. The second-order valence-corrected chi connectivity index (χ2v) is 8.07. The average Bonchev–Trinajstić information content (AvgIpc) is 2.65. The first-order chi connectivity index (χ1) is 9.91. The number of rotatable bonds is 5. The highest BCUT2D eigenvalue weighted by Crippen LogP contribution is 2.22. The van der Waals surface area contributed by atoms with Gasteiger partial charge in [0, 0.05) is 44.6 Å². The van der Waals surface area contributed by atoms with Crippen LogP contribution >= 0.6 is 0 Å². The summed E-state index contributed by atoms with van der Waals surface area (Å²) in [5.74, 6) is 0. The summed E-state index contributed by atoms with van der Waals surface area (Å²) in [6.07, 6.45) is 5.92. The maximum atomic E-state index is 12.7. The standard InChI is InChI=1S/C15H27N3O2S/c1-13(2)16-11-14-10-15(12-17(14)3)21(19,20)18-8-6-4-5-7-9-18/h10,12-13,16H,4-9,11H2,1-3H3. The molecule has 21 heavy (non-hydrogen) atoms. The van der Waals surface area contributed by atoms with E-state index in [1.807, 2.05) is 11.6 Å². The Hall–Kier alpha value is -0.850. The molecule has 0 aliphatic carbocycles. The molecule has 2 rings (SSSR count). The number of sulfonamides is 1. The molecule has 1 aromatic heterocycles. The van der Waals surface area contributed by atoms with Crippen molar-refractivity contribution in [3.8, 4) is 0 Å². The van der Waals surface area contributed by atoms with Crippen molar-refractivity contribution in [2.45, 2.75) is 57.0 Å². The molecule has 0 spiro atoms. The van der Waals surface area contributed by atoms with Gasteiger partial charge in [-0.2, -0.15) is 4.31 Å². The third kappa shape index (κ3) is 4.08. The first-order valence-electron chi connectivity index (χ1n) is 7.80. The molecule has 1 saturated heterocycles. The van der Waals surface area contributed by atoms with Gasteiger partial charge >= 0.3 is 0 Å². The van der Waals surface area contributed by atoms with Crippen LogP contribution in [-0.2, 0) is 23.6 Å². The van der Waals surface area contributed by atoms with E-state index < -0.39 is 10.0 Å². The van der Waals surface area contributed by atoms with Crippen molar-refractivity contribution < 1.29 is 8.42 Å². The van der Waals surface area contributed by atoms with E-state index in [0.717, 1.165) is 31.4 Å². The van der Waals surface area contributed by atoms with E-state index in [1.165, 1.54) is 0 Å². The van der Waals surface area contributed by atoms with Gasteiger partial charge in [-0.15, -0.1) is 0 Å². The average molecular weight is 313 g/mol. The lowest BCUT2D eigenvalue weighted by Gasteiger charge is -2.18. The molecule has 1 aromatic rings. The Bertz CT molecular complexity index is 555. The molecule has 1 N–H and O–H groups in total. The van der Waals surface area contributed by atoms with Crippen molar-refractivity contribution in [3.63, 3.8) is 0 Å². The van der Waals surface area contributed by atoms with Crippen LogP contribution in [0.5, 0.6) is 0 Å². The summed E-state index contributed by atoms with van der Waals surface area (Å²) in [6, 6.07) is 2.18. The minimum Gasteiger partial charge on any atom is -0.352 e. The largest absolute Gasteiger partial charge is 0.352 e. The van der Waals surface area contributed by atoms with Crippen LogP contribution < -0.4 is 5.32 Å². The molecule has 0 amide bonds. The van der Waals surface area contributed by atoms with Gasteiger partial charge in [0.25, 0.3) is 0 Å². The molecule has 0 aromatic carbocycles. The molecule has 0 bridgehead atoms. The van der Waals surface area contributed by atoms with Gasteiger partial charge in [0.15, 0.2) is 0 Å². The summed E-state index contributed by atoms with van der Waals surface area (Å²) >= 11 is 0. The number of nitrogens with one attached hydrogen (secondary N) is 1. The zero-order valence-corrected chi connectivity index (χ0v) is 14.1. The van der Waals surface area contributed by atoms with Gasteiger partial charge in [-0.05, 0) is 18.9 Å². The van der Waals surface area contributed by atoms with Crippen molar-refractivity contribution in [1.29, 1.82) is 0 Å². The molecule has 0 atom stereocenters. The molecule has 120 valence electrons. The van der Waals surface area contributed by atoms with Gasteiger partial charge in [-0.25, -0.2) is 8.42 Å². The fourth-order valence-electron chi connectivity index (χ4n) is 2.63. The normalized spacial score (nSPS) is 18.1. The van der Waals surface area contributed by atoms with Gasteiger partial charge in [0.05, 0.1) is 0 Å². The van der Waals surface area contributed by atoms with Crippen molar-refractivity contribution in [2.24, 2.45) is 7.05 Å². The maximum Gasteiger partial charge on any atom is 0.244 e. The monoisotopic (exact) mass is 313 g/mol. The predicted octanol–water partition coefficient (Wildman–Crippen LogP) is 2.09. The number of hydrogen-bond acceptors (Lipinski definition) is 3. The van der Waals surface area contributed by atoms with Crippen LogP contribution in [-0.4, -0.2) is 36.4 Å². The minimum absolute atomic E-state index is 0.380. The Morgan fingerprint density at radius 3 is 2.38 bits per heavy atom. The second kappa shape index (κ2) is 6.94. The summed E-state index contributed by atoms with van der Waals surface area (Å²) < 4.78 is 29.0. The number of nitrogens with zero attached hydrogens (tertiary/aromatic N) is 2. The quantitative estimate of drug-likeness (QED) is 0.905. The summed E-state index contributed by atoms with van der Waals surface area (Å²) in [5, 5.41) is 3.33. The van der Waals surface area contributed by atoms with E-state index in [9.17, 15) is 8.42 Å². The minimum atomic E-state index is -3.34. The number of aromatic nitrogens is 1. The van der Waals surface area contributed by atoms with Crippen LogP contribution in [0.3, 0.4) is 0 Å². The van der Waals surface area contributed by atoms with Crippen LogP contribution in [0, 0.1) is 0 Å². The van der Waals surface area contributed by atoms with Gasteiger partial charge in [0.1, 0.15) is 4.90 Å². The van der Waals surface area contributed by atoms with E-state index in [0.29, 0.717) is 30.6 Å². The van der Waals surface area contributed by atoms with Gasteiger partial charge in [0.2, 0.25) is 10.0 Å². The Kier molecular flexibility index (Phi) is 5.46. The molecule has 5 nitrogen and oxygen atoms in total. The van der Waals surface area contributed by atoms with Crippen molar-refractivity contribution in [3.05, 3.63) is 18.0 Å². The topological polar surface area (TPSA) is 54.3 Å². The predicted molar refractivity (Wildman–Crippen MR) is 84.6 cm³/mol. The molecular weight excluding hydrogens is 286 g/mol. The molecule has 1 fully saturated rings. The first-order valence-corrected chi connectivity index (χ1v) is 9.24. The summed E-state index contributed by atoms with van der Waals surface area (Å²) in [6.45, 7) is 6.15. The first kappa shape index (κ1) is 16.5. The lowest BCUT2D eigenvalue weighted by Crippen LogP contribution is -2.31. The van der Waals surface area contributed by atoms with Crippen LogP contribution in [0.25, 0.3) is 0 Å². The number of hydrogen-bond donors (Lipinski definition) is 1. The van der Waals surface area contributed by atoms with Crippen LogP contribution in [0.4, 0.5) is 0 Å². The maximum absolute atomic E-state index is 12.7. The van der Waals surface area contributed by atoms with Crippen molar-refractivity contribution in [2.75, 3.05) is 13.1 Å². The third-order valence-corrected chi connectivity index (χ3v) is 5.84. The highest BCUT2D eigenvalue weighted by molar-refractivity contribution is 7.89. The van der Waals surface area contributed by atoms with Crippen LogP contribution in [0.1, 0.15) is 45.2 Å². The fraction of sp³-hybridized carbons (Fsp3) is 0.733. The van der Waals surface area contributed by atoms with Gasteiger partial charge in [-0.1, -0.05) is 26.7 Å². The zero-order chi connectivity index (χ0) is 15.5. The zero-order valence-electron chi connectivity index (χ0n) is 13.3. The van der Waals surface area contributed by atoms with Crippen LogP contribution in [0.15, 0.2) is 17.2 Å². The molecule has 0 unspecified atom stereocenters. The molecule has 1 aliphatic heterocycles. The SMILES string of the molecule is CC(C)NCc1cc(S(=O)(=O)N2CCCCCC2)cn1C. The third-order valence-electron chi connectivity index (χ3n) is 3.98. The van der Waals surface area contributed by atoms with E-state index in [2.05, 4.69) is 19.2 Å². The van der Waals surface area contributed by atoms with Gasteiger partial charge < -0.3 is 9.88 Å². The highest BCUT2D eigenvalue weighted by atomic mass is 32.2. The fourth-order valence-corrected chi connectivity index (χ4v) is 4.25. The van der Waals surface area contributed by atoms with E-state index in [4.69, 9.17) is 0 Å². The van der Waals surface area contributed by atoms with Crippen molar-refractivity contribution in [1.82, 2.24) is 14.2 Å². The smallest absolute Gasteiger partial charge is 0.244 e. The van der Waals surface area contributed by atoms with Gasteiger partial charge in [-0.3, -0.25) is 0 Å². The second-order valence-electron chi connectivity index (χ2n) is 6.13. The van der Waals surface area contributed by atoms with E-state index in [-0.39, 0.29) is 0 Å². The van der Waals surface area contributed by atoms with E-state index >= 15 is 0 Å². The Balaban J connectivity index is 2.17. The number of aryl methyl sites for hydroxylation is 1. The molecule has 0 saturated carbocycles. The lowest BCUT2D eigenvalue weighted by atomic mass is 10.2. The molecule has 6 heteroatoms. The Morgan fingerprint density at radius 2 is 1.81 bits per heavy atom. The van der Waals surface area contributed by atoms with E-state index in [1.54, 1.807) is 16.6 Å². The summed E-state index contributed by atoms with van der Waals surface area (Å²) in [5.41, 5.74) is 0.997. The molecule has 2 heterocycles. The highest BCUT2D eigenvalue weighted by Gasteiger charge is 2.26. The summed E-state index contributed by atoms with van der Waals surface area (Å²) in [7, 11) is -1.44. The van der Waals surface area contributed by atoms with Crippen LogP contribution in [0.2, 0.25) is 0 Å². The Morgan fingerprint density at radius 1 is 1.19 bits per heavy atom. The van der Waals surface area contributed by atoms with Crippen molar-refractivity contribution >= 4 is 10.0 Å². The Labute approximate surface area is 128 Å². The lowest BCUT2D eigenvalue weighted by molar-refractivity contribution is 0.423. The summed E-state index contributed by atoms with van der Waals surface area (Å²) in [4.78, 5) is 0.424. The molecular formula is C15H27N3O2S. The molecule has 1 aliphatic rings.